The highest BCUT2D eigenvalue weighted by atomic mass is 35.5. The van der Waals surface area contributed by atoms with Crippen LogP contribution >= 0.6 is 23.4 Å². The first-order chi connectivity index (χ1) is 11.4. The fourth-order valence-electron chi connectivity index (χ4n) is 1.72. The largest absolute Gasteiger partial charge is 0.354 e. The predicted octanol–water partition coefficient (Wildman–Crippen LogP) is 2.04. The highest BCUT2D eigenvalue weighted by Gasteiger charge is 2.15. The number of carbonyl (C=O) groups is 3. The first-order valence-corrected chi connectivity index (χ1v) is 9.16. The lowest BCUT2D eigenvalue weighted by atomic mass is 10.3. The van der Waals surface area contributed by atoms with E-state index in [9.17, 15) is 14.4 Å². The number of anilines is 1. The Bertz CT molecular complexity index is 566. The smallest absolute Gasteiger partial charge is 0.242 e. The molecule has 8 heteroatoms. The minimum atomic E-state index is -0.590. The van der Waals surface area contributed by atoms with E-state index in [1.807, 2.05) is 6.92 Å². The van der Waals surface area contributed by atoms with Gasteiger partial charge in [0.2, 0.25) is 17.7 Å². The summed E-state index contributed by atoms with van der Waals surface area (Å²) in [6.45, 7) is 4.16. The van der Waals surface area contributed by atoms with Crippen molar-refractivity contribution in [3.05, 3.63) is 29.3 Å². The molecule has 0 fully saturated rings. The lowest BCUT2D eigenvalue weighted by Crippen LogP contribution is -2.45. The number of hydrogen-bond acceptors (Lipinski definition) is 4. The number of halogens is 1. The maximum Gasteiger partial charge on any atom is 0.242 e. The molecule has 3 N–H and O–H groups in total. The molecule has 1 aromatic carbocycles. The normalized spacial score (nSPS) is 11.5. The third-order valence-electron chi connectivity index (χ3n) is 2.91. The van der Waals surface area contributed by atoms with Gasteiger partial charge in [-0.2, -0.15) is 0 Å². The third kappa shape index (κ3) is 8.21. The highest BCUT2D eigenvalue weighted by molar-refractivity contribution is 8.00. The lowest BCUT2D eigenvalue weighted by molar-refractivity contribution is -0.127. The summed E-state index contributed by atoms with van der Waals surface area (Å²) >= 11 is 6.95. The van der Waals surface area contributed by atoms with Gasteiger partial charge in [0.1, 0.15) is 6.04 Å². The van der Waals surface area contributed by atoms with E-state index in [-0.39, 0.29) is 29.2 Å². The first-order valence-electron chi connectivity index (χ1n) is 7.62. The van der Waals surface area contributed by atoms with Crippen molar-refractivity contribution in [2.24, 2.45) is 0 Å². The second kappa shape index (κ2) is 10.9. The van der Waals surface area contributed by atoms with E-state index in [0.717, 1.165) is 6.42 Å². The molecule has 0 saturated heterocycles. The standard InChI is InChI=1S/C16H22ClN3O3S/c1-3-8-18-16(23)11(2)19-14(21)9-24-10-15(22)20-13-6-4-12(17)5-7-13/h4-7,11H,3,8-10H2,1-2H3,(H,18,23)(H,19,21)(H,20,22)/t11-/m0/s1. The Morgan fingerprint density at radius 1 is 1.12 bits per heavy atom. The average Bonchev–Trinajstić information content (AvgIpc) is 2.54. The van der Waals surface area contributed by atoms with Gasteiger partial charge in [0.15, 0.2) is 0 Å². The molecule has 0 spiro atoms. The summed E-state index contributed by atoms with van der Waals surface area (Å²) in [7, 11) is 0. The summed E-state index contributed by atoms with van der Waals surface area (Å²) < 4.78 is 0. The van der Waals surface area contributed by atoms with Gasteiger partial charge in [-0.25, -0.2) is 0 Å². The highest BCUT2D eigenvalue weighted by Crippen LogP contribution is 2.13. The number of nitrogens with one attached hydrogen (secondary N) is 3. The molecule has 0 aromatic heterocycles. The SMILES string of the molecule is CCCNC(=O)[C@H](C)NC(=O)CSCC(=O)Nc1ccc(Cl)cc1. The Balaban J connectivity index is 2.23. The summed E-state index contributed by atoms with van der Waals surface area (Å²) in [6, 6.07) is 6.18. The summed E-state index contributed by atoms with van der Waals surface area (Å²) in [5.74, 6) is -0.440. The Labute approximate surface area is 151 Å². The van der Waals surface area contributed by atoms with Crippen molar-refractivity contribution in [2.75, 3.05) is 23.4 Å². The Morgan fingerprint density at radius 2 is 1.75 bits per heavy atom. The van der Waals surface area contributed by atoms with Gasteiger partial charge in [-0.1, -0.05) is 18.5 Å². The summed E-state index contributed by atoms with van der Waals surface area (Å²) in [6.07, 6.45) is 0.838. The summed E-state index contributed by atoms with van der Waals surface area (Å²) in [4.78, 5) is 35.2. The summed E-state index contributed by atoms with van der Waals surface area (Å²) in [5.41, 5.74) is 0.649. The van der Waals surface area contributed by atoms with Crippen LogP contribution in [0.2, 0.25) is 5.02 Å². The quantitative estimate of drug-likeness (QED) is 0.620. The van der Waals surface area contributed by atoms with Crippen molar-refractivity contribution in [1.82, 2.24) is 10.6 Å². The van der Waals surface area contributed by atoms with Crippen molar-refractivity contribution in [3.63, 3.8) is 0 Å². The minimum absolute atomic E-state index is 0.111. The van der Waals surface area contributed by atoms with E-state index in [1.54, 1.807) is 31.2 Å². The molecule has 24 heavy (non-hydrogen) atoms. The van der Waals surface area contributed by atoms with E-state index in [1.165, 1.54) is 11.8 Å². The van der Waals surface area contributed by atoms with Crippen molar-refractivity contribution < 1.29 is 14.4 Å². The van der Waals surface area contributed by atoms with Crippen LogP contribution in [0, 0.1) is 0 Å². The van der Waals surface area contributed by atoms with Gasteiger partial charge < -0.3 is 16.0 Å². The van der Waals surface area contributed by atoms with Gasteiger partial charge in [0.05, 0.1) is 11.5 Å². The first kappa shape index (κ1) is 20.3. The molecule has 0 heterocycles. The third-order valence-corrected chi connectivity index (χ3v) is 4.10. The van der Waals surface area contributed by atoms with Crippen LogP contribution in [-0.4, -0.2) is 41.8 Å². The molecule has 0 unspecified atom stereocenters. The Hall–Kier alpha value is -1.73. The van der Waals surface area contributed by atoms with E-state index < -0.39 is 6.04 Å². The van der Waals surface area contributed by atoms with Gasteiger partial charge in [0, 0.05) is 17.3 Å². The average molecular weight is 372 g/mol. The monoisotopic (exact) mass is 371 g/mol. The van der Waals surface area contributed by atoms with Gasteiger partial charge >= 0.3 is 0 Å². The zero-order valence-electron chi connectivity index (χ0n) is 13.7. The lowest BCUT2D eigenvalue weighted by Gasteiger charge is -2.13. The van der Waals surface area contributed by atoms with Crippen LogP contribution in [0.1, 0.15) is 20.3 Å². The molecular formula is C16H22ClN3O3S. The van der Waals surface area contributed by atoms with Crippen LogP contribution < -0.4 is 16.0 Å². The van der Waals surface area contributed by atoms with Crippen LogP contribution in [0.15, 0.2) is 24.3 Å². The number of amides is 3. The molecule has 1 rings (SSSR count). The molecule has 3 amide bonds. The Morgan fingerprint density at radius 3 is 2.38 bits per heavy atom. The van der Waals surface area contributed by atoms with E-state index in [2.05, 4.69) is 16.0 Å². The van der Waals surface area contributed by atoms with Crippen molar-refractivity contribution in [3.8, 4) is 0 Å². The maximum absolute atomic E-state index is 11.8. The summed E-state index contributed by atoms with van der Waals surface area (Å²) in [5, 5.41) is 8.61. The molecule has 1 aromatic rings. The minimum Gasteiger partial charge on any atom is -0.354 e. The fourth-order valence-corrected chi connectivity index (χ4v) is 2.47. The molecule has 1 atom stereocenters. The molecule has 0 bridgehead atoms. The molecular weight excluding hydrogens is 350 g/mol. The molecule has 0 aliphatic heterocycles. The van der Waals surface area contributed by atoms with Gasteiger partial charge in [-0.3, -0.25) is 14.4 Å². The van der Waals surface area contributed by atoms with Crippen molar-refractivity contribution in [1.29, 1.82) is 0 Å². The van der Waals surface area contributed by atoms with Crippen molar-refractivity contribution >= 4 is 46.8 Å². The number of benzene rings is 1. The second-order valence-corrected chi connectivity index (χ2v) is 6.55. The zero-order valence-corrected chi connectivity index (χ0v) is 15.3. The molecule has 6 nitrogen and oxygen atoms in total. The predicted molar refractivity (Wildman–Crippen MR) is 98.3 cm³/mol. The van der Waals surface area contributed by atoms with Gasteiger partial charge in [-0.05, 0) is 37.6 Å². The Kier molecular flexibility index (Phi) is 9.26. The zero-order chi connectivity index (χ0) is 17.9. The maximum atomic E-state index is 11.8. The topological polar surface area (TPSA) is 87.3 Å². The van der Waals surface area contributed by atoms with Crippen LogP contribution in [-0.2, 0) is 14.4 Å². The molecule has 0 radical (unpaired) electrons. The number of hydrogen-bond donors (Lipinski definition) is 3. The number of carbonyl (C=O) groups excluding carboxylic acids is 3. The molecule has 0 aliphatic carbocycles. The van der Waals surface area contributed by atoms with Gasteiger partial charge in [-0.15, -0.1) is 11.8 Å². The second-order valence-electron chi connectivity index (χ2n) is 5.13. The van der Waals surface area contributed by atoms with E-state index in [4.69, 9.17) is 11.6 Å². The van der Waals surface area contributed by atoms with E-state index in [0.29, 0.717) is 17.3 Å². The molecule has 0 aliphatic rings. The van der Waals surface area contributed by atoms with Crippen LogP contribution in [0.4, 0.5) is 5.69 Å². The number of thioether (sulfide) groups is 1. The van der Waals surface area contributed by atoms with Crippen LogP contribution in [0.5, 0.6) is 0 Å². The van der Waals surface area contributed by atoms with Crippen LogP contribution in [0.25, 0.3) is 0 Å². The molecule has 0 saturated carbocycles. The molecule has 132 valence electrons. The number of rotatable bonds is 9. The van der Waals surface area contributed by atoms with Crippen LogP contribution in [0.3, 0.4) is 0 Å². The van der Waals surface area contributed by atoms with Crippen molar-refractivity contribution in [2.45, 2.75) is 26.3 Å². The van der Waals surface area contributed by atoms with E-state index >= 15 is 0 Å². The van der Waals surface area contributed by atoms with Gasteiger partial charge in [0.25, 0.3) is 0 Å². The fraction of sp³-hybridized carbons (Fsp3) is 0.438.